The Kier molecular flexibility index (Phi) is 2.49. The van der Waals surface area contributed by atoms with Crippen LogP contribution >= 0.6 is 0 Å². The maximum Gasteiger partial charge on any atom is 0.0952 e. The standard InChI is InChI=1S/C12H19N3/c1-2-6-12-11(5-1)14-9-15(12)8-10-4-3-7-13-10/h9-10,13H,1-8H2/t10-/m1/s1. The third kappa shape index (κ3) is 1.81. The number of hydrogen-bond donors (Lipinski definition) is 1. The largest absolute Gasteiger partial charge is 0.333 e. The van der Waals surface area contributed by atoms with Gasteiger partial charge in [0, 0.05) is 18.3 Å². The Morgan fingerprint density at radius 3 is 3.13 bits per heavy atom. The van der Waals surface area contributed by atoms with Crippen molar-refractivity contribution in [1.82, 2.24) is 14.9 Å². The topological polar surface area (TPSA) is 29.9 Å². The molecule has 2 heterocycles. The van der Waals surface area contributed by atoms with E-state index in [0.717, 1.165) is 6.54 Å². The molecule has 1 fully saturated rings. The first-order chi connectivity index (χ1) is 7.43. The van der Waals surface area contributed by atoms with Crippen LogP contribution in [0.2, 0.25) is 0 Å². The van der Waals surface area contributed by atoms with Gasteiger partial charge in [-0.25, -0.2) is 4.98 Å². The lowest BCUT2D eigenvalue weighted by atomic mass is 10.0. The van der Waals surface area contributed by atoms with Crippen molar-refractivity contribution in [1.29, 1.82) is 0 Å². The second kappa shape index (κ2) is 3.97. The summed E-state index contributed by atoms with van der Waals surface area (Å²) in [5, 5.41) is 3.55. The summed E-state index contributed by atoms with van der Waals surface area (Å²) in [7, 11) is 0. The molecule has 1 aliphatic carbocycles. The van der Waals surface area contributed by atoms with E-state index in [0.29, 0.717) is 6.04 Å². The Hall–Kier alpha value is -0.830. The lowest BCUT2D eigenvalue weighted by molar-refractivity contribution is 0.490. The Balaban J connectivity index is 1.76. The maximum absolute atomic E-state index is 4.53. The van der Waals surface area contributed by atoms with E-state index < -0.39 is 0 Å². The summed E-state index contributed by atoms with van der Waals surface area (Å²) in [4.78, 5) is 4.53. The van der Waals surface area contributed by atoms with Gasteiger partial charge in [0.2, 0.25) is 0 Å². The van der Waals surface area contributed by atoms with Crippen LogP contribution in [0.15, 0.2) is 6.33 Å². The van der Waals surface area contributed by atoms with Crippen molar-refractivity contribution in [2.75, 3.05) is 6.54 Å². The molecule has 0 unspecified atom stereocenters. The van der Waals surface area contributed by atoms with E-state index in [-0.39, 0.29) is 0 Å². The van der Waals surface area contributed by atoms with Gasteiger partial charge < -0.3 is 9.88 Å². The molecule has 0 saturated carbocycles. The van der Waals surface area contributed by atoms with Crippen LogP contribution in [0.5, 0.6) is 0 Å². The summed E-state index contributed by atoms with van der Waals surface area (Å²) in [6.07, 6.45) is 9.81. The Labute approximate surface area is 90.9 Å². The summed E-state index contributed by atoms with van der Waals surface area (Å²) < 4.78 is 2.39. The third-order valence-electron chi connectivity index (χ3n) is 3.69. The van der Waals surface area contributed by atoms with E-state index >= 15 is 0 Å². The third-order valence-corrected chi connectivity index (χ3v) is 3.69. The molecule has 3 rings (SSSR count). The summed E-state index contributed by atoms with van der Waals surface area (Å²) in [6.45, 7) is 2.32. The number of aryl methyl sites for hydroxylation is 1. The van der Waals surface area contributed by atoms with Crippen LogP contribution in [0.25, 0.3) is 0 Å². The number of hydrogen-bond acceptors (Lipinski definition) is 2. The van der Waals surface area contributed by atoms with Crippen LogP contribution in [0.3, 0.4) is 0 Å². The van der Waals surface area contributed by atoms with Gasteiger partial charge in [0.05, 0.1) is 12.0 Å². The molecule has 2 aliphatic rings. The van der Waals surface area contributed by atoms with Gasteiger partial charge in [0.25, 0.3) is 0 Å². The molecule has 0 amide bonds. The van der Waals surface area contributed by atoms with E-state index in [9.17, 15) is 0 Å². The van der Waals surface area contributed by atoms with Gasteiger partial charge in [-0.1, -0.05) is 0 Å². The summed E-state index contributed by atoms with van der Waals surface area (Å²) >= 11 is 0. The Morgan fingerprint density at radius 1 is 1.33 bits per heavy atom. The molecule has 0 bridgehead atoms. The Bertz CT molecular complexity index is 337. The van der Waals surface area contributed by atoms with E-state index in [1.807, 2.05) is 0 Å². The van der Waals surface area contributed by atoms with Crippen molar-refractivity contribution >= 4 is 0 Å². The summed E-state index contributed by atoms with van der Waals surface area (Å²) in [6, 6.07) is 0.685. The highest BCUT2D eigenvalue weighted by Gasteiger charge is 2.19. The molecule has 3 heteroatoms. The van der Waals surface area contributed by atoms with Crippen LogP contribution in [-0.2, 0) is 19.4 Å². The SMILES string of the molecule is c1nc2c(n1C[C@H]1CCCN1)CCCC2. The van der Waals surface area contributed by atoms with Crippen molar-refractivity contribution in [2.24, 2.45) is 0 Å². The van der Waals surface area contributed by atoms with Gasteiger partial charge >= 0.3 is 0 Å². The molecule has 1 atom stereocenters. The van der Waals surface area contributed by atoms with Crippen LogP contribution in [0.1, 0.15) is 37.1 Å². The first-order valence-corrected chi connectivity index (χ1v) is 6.20. The molecule has 1 saturated heterocycles. The molecule has 82 valence electrons. The van der Waals surface area contributed by atoms with Crippen LogP contribution in [0.4, 0.5) is 0 Å². The zero-order chi connectivity index (χ0) is 10.1. The van der Waals surface area contributed by atoms with Crippen LogP contribution < -0.4 is 5.32 Å². The molecule has 1 aliphatic heterocycles. The van der Waals surface area contributed by atoms with Gasteiger partial charge in [0.1, 0.15) is 0 Å². The summed E-state index contributed by atoms with van der Waals surface area (Å²) in [5.41, 5.74) is 2.87. The van der Waals surface area contributed by atoms with Crippen molar-refractivity contribution in [3.63, 3.8) is 0 Å². The number of fused-ring (bicyclic) bond motifs is 1. The monoisotopic (exact) mass is 205 g/mol. The lowest BCUT2D eigenvalue weighted by Gasteiger charge is -2.17. The van der Waals surface area contributed by atoms with Crippen molar-refractivity contribution in [3.05, 3.63) is 17.7 Å². The number of nitrogens with one attached hydrogen (secondary N) is 1. The quantitative estimate of drug-likeness (QED) is 0.793. The first-order valence-electron chi connectivity index (χ1n) is 6.20. The Morgan fingerprint density at radius 2 is 2.27 bits per heavy atom. The number of imidazole rings is 1. The van der Waals surface area contributed by atoms with Crippen molar-refractivity contribution < 1.29 is 0 Å². The predicted molar refractivity (Wildman–Crippen MR) is 59.9 cm³/mol. The second-order valence-electron chi connectivity index (χ2n) is 4.79. The summed E-state index contributed by atoms with van der Waals surface area (Å²) in [5.74, 6) is 0. The van der Waals surface area contributed by atoms with Crippen molar-refractivity contribution in [3.8, 4) is 0 Å². The minimum atomic E-state index is 0.685. The highest BCUT2D eigenvalue weighted by molar-refractivity contribution is 5.16. The lowest BCUT2D eigenvalue weighted by Crippen LogP contribution is -2.27. The van der Waals surface area contributed by atoms with Crippen LogP contribution in [0, 0.1) is 0 Å². The van der Waals surface area contributed by atoms with E-state index in [1.54, 1.807) is 0 Å². The molecule has 1 aromatic heterocycles. The number of rotatable bonds is 2. The molecule has 15 heavy (non-hydrogen) atoms. The second-order valence-corrected chi connectivity index (χ2v) is 4.79. The normalized spacial score (nSPS) is 25.5. The molecule has 0 aromatic carbocycles. The molecular formula is C12H19N3. The fourth-order valence-corrected chi connectivity index (χ4v) is 2.84. The zero-order valence-electron chi connectivity index (χ0n) is 9.21. The van der Waals surface area contributed by atoms with Gasteiger partial charge in [0.15, 0.2) is 0 Å². The highest BCUT2D eigenvalue weighted by Crippen LogP contribution is 2.20. The number of nitrogens with zero attached hydrogens (tertiary/aromatic N) is 2. The average molecular weight is 205 g/mol. The fraction of sp³-hybridized carbons (Fsp3) is 0.750. The molecule has 0 spiro atoms. The van der Waals surface area contributed by atoms with Gasteiger partial charge in [-0.3, -0.25) is 0 Å². The minimum absolute atomic E-state index is 0.685. The van der Waals surface area contributed by atoms with E-state index in [2.05, 4.69) is 21.2 Å². The molecular weight excluding hydrogens is 186 g/mol. The highest BCUT2D eigenvalue weighted by atomic mass is 15.1. The fourth-order valence-electron chi connectivity index (χ4n) is 2.84. The maximum atomic E-state index is 4.53. The zero-order valence-corrected chi connectivity index (χ0v) is 9.21. The molecule has 3 nitrogen and oxygen atoms in total. The van der Waals surface area contributed by atoms with Gasteiger partial charge in [-0.15, -0.1) is 0 Å². The van der Waals surface area contributed by atoms with E-state index in [4.69, 9.17) is 0 Å². The van der Waals surface area contributed by atoms with E-state index in [1.165, 1.54) is 56.5 Å². The molecule has 1 aromatic rings. The molecule has 1 N–H and O–H groups in total. The number of aromatic nitrogens is 2. The average Bonchev–Trinajstić information content (AvgIpc) is 2.89. The van der Waals surface area contributed by atoms with Crippen molar-refractivity contribution in [2.45, 2.75) is 51.1 Å². The predicted octanol–water partition coefficient (Wildman–Crippen LogP) is 1.51. The smallest absolute Gasteiger partial charge is 0.0952 e. The van der Waals surface area contributed by atoms with Gasteiger partial charge in [-0.2, -0.15) is 0 Å². The van der Waals surface area contributed by atoms with Gasteiger partial charge in [-0.05, 0) is 45.1 Å². The molecule has 0 radical (unpaired) electrons. The minimum Gasteiger partial charge on any atom is -0.333 e. The first kappa shape index (κ1) is 9.40. The van der Waals surface area contributed by atoms with Crippen LogP contribution in [-0.4, -0.2) is 22.1 Å².